The molecule has 1 amide bonds. The number of aromatic nitrogens is 3. The van der Waals surface area contributed by atoms with E-state index >= 15 is 0 Å². The molecule has 0 saturated heterocycles. The molecule has 106 valence electrons. The zero-order valence-electron chi connectivity index (χ0n) is 11.5. The third kappa shape index (κ3) is 3.00. The van der Waals surface area contributed by atoms with Crippen LogP contribution in [0.15, 0.2) is 42.6 Å². The molecule has 2 N–H and O–H groups in total. The van der Waals surface area contributed by atoms with E-state index in [2.05, 4.69) is 20.5 Å². The molecule has 2 aromatic heterocycles. The van der Waals surface area contributed by atoms with Gasteiger partial charge in [0.15, 0.2) is 12.3 Å². The van der Waals surface area contributed by atoms with Crippen molar-refractivity contribution in [2.24, 2.45) is 0 Å². The lowest BCUT2D eigenvalue weighted by Crippen LogP contribution is -2.20. The summed E-state index contributed by atoms with van der Waals surface area (Å²) < 4.78 is 5.42. The molecule has 0 aliphatic carbocycles. The predicted octanol–water partition coefficient (Wildman–Crippen LogP) is 2.28. The number of carbonyl (C=O) groups excluding carboxylic acids is 1. The smallest absolute Gasteiger partial charge is 0.263 e. The van der Waals surface area contributed by atoms with Crippen molar-refractivity contribution in [3.05, 3.63) is 48.2 Å². The van der Waals surface area contributed by atoms with Crippen LogP contribution in [0.1, 0.15) is 5.56 Å². The zero-order valence-corrected chi connectivity index (χ0v) is 11.5. The largest absolute Gasteiger partial charge is 0.484 e. The van der Waals surface area contributed by atoms with E-state index in [1.165, 1.54) is 0 Å². The van der Waals surface area contributed by atoms with Crippen molar-refractivity contribution in [2.75, 3.05) is 11.9 Å². The Morgan fingerprint density at radius 3 is 2.90 bits per heavy atom. The number of carbonyl (C=O) groups is 1. The van der Waals surface area contributed by atoms with Gasteiger partial charge in [-0.3, -0.25) is 9.89 Å². The Labute approximate surface area is 121 Å². The maximum atomic E-state index is 11.9. The average molecular weight is 282 g/mol. The van der Waals surface area contributed by atoms with Gasteiger partial charge in [-0.15, -0.1) is 0 Å². The molecular weight excluding hydrogens is 268 g/mol. The fourth-order valence-corrected chi connectivity index (χ4v) is 1.90. The molecular formula is C15H14N4O2. The van der Waals surface area contributed by atoms with Crippen LogP contribution in [0.3, 0.4) is 0 Å². The van der Waals surface area contributed by atoms with Crippen LogP contribution in [0.4, 0.5) is 5.82 Å². The van der Waals surface area contributed by atoms with E-state index < -0.39 is 0 Å². The van der Waals surface area contributed by atoms with Gasteiger partial charge in [0.25, 0.3) is 5.91 Å². The zero-order chi connectivity index (χ0) is 14.7. The van der Waals surface area contributed by atoms with Gasteiger partial charge in [-0.1, -0.05) is 17.7 Å². The maximum absolute atomic E-state index is 11.9. The normalized spacial score (nSPS) is 10.5. The lowest BCUT2D eigenvalue weighted by Gasteiger charge is -2.06. The van der Waals surface area contributed by atoms with Crippen LogP contribution < -0.4 is 10.1 Å². The first-order chi connectivity index (χ1) is 10.2. The molecule has 0 atom stereocenters. The Bertz CT molecular complexity index is 765. The first-order valence-electron chi connectivity index (χ1n) is 6.51. The van der Waals surface area contributed by atoms with Crippen LogP contribution in [0.5, 0.6) is 5.75 Å². The van der Waals surface area contributed by atoms with E-state index in [1.807, 2.05) is 37.3 Å². The van der Waals surface area contributed by atoms with Gasteiger partial charge in [-0.05, 0) is 31.2 Å². The number of hydrogen-bond acceptors (Lipinski definition) is 4. The molecule has 0 fully saturated rings. The van der Waals surface area contributed by atoms with E-state index in [0.717, 1.165) is 10.9 Å². The molecule has 3 rings (SSSR count). The number of fused-ring (bicyclic) bond motifs is 1. The Hall–Kier alpha value is -2.89. The maximum Gasteiger partial charge on any atom is 0.263 e. The fourth-order valence-electron chi connectivity index (χ4n) is 1.90. The predicted molar refractivity (Wildman–Crippen MR) is 79.2 cm³/mol. The first kappa shape index (κ1) is 13.1. The van der Waals surface area contributed by atoms with Crippen LogP contribution >= 0.6 is 0 Å². The number of aromatic amines is 1. The summed E-state index contributed by atoms with van der Waals surface area (Å²) in [7, 11) is 0. The lowest BCUT2D eigenvalue weighted by atomic mass is 10.2. The summed E-state index contributed by atoms with van der Waals surface area (Å²) in [5, 5.41) is 10.2. The molecule has 1 aromatic carbocycles. The fraction of sp³-hybridized carbons (Fsp3) is 0.133. The van der Waals surface area contributed by atoms with Crippen molar-refractivity contribution < 1.29 is 9.53 Å². The van der Waals surface area contributed by atoms with Gasteiger partial charge < -0.3 is 10.1 Å². The number of nitrogens with zero attached hydrogens (tertiary/aromatic N) is 2. The second-order valence-corrected chi connectivity index (χ2v) is 4.62. The summed E-state index contributed by atoms with van der Waals surface area (Å²) in [5.41, 5.74) is 1.70. The minimum Gasteiger partial charge on any atom is -0.484 e. The number of pyridine rings is 1. The third-order valence-electron chi connectivity index (χ3n) is 2.98. The summed E-state index contributed by atoms with van der Waals surface area (Å²) in [6.07, 6.45) is 1.65. The SMILES string of the molecule is Cc1ccc(OCC(=O)Nc2[nH]nc3ncccc23)cc1. The van der Waals surface area contributed by atoms with E-state index in [-0.39, 0.29) is 12.5 Å². The van der Waals surface area contributed by atoms with Crippen LogP contribution in [-0.4, -0.2) is 27.7 Å². The molecule has 0 saturated carbocycles. The molecule has 6 heteroatoms. The summed E-state index contributed by atoms with van der Waals surface area (Å²) in [5.74, 6) is 0.924. The Balaban J connectivity index is 1.62. The molecule has 0 bridgehead atoms. The lowest BCUT2D eigenvalue weighted by molar-refractivity contribution is -0.118. The minimum absolute atomic E-state index is 0.0656. The second kappa shape index (κ2) is 5.62. The highest BCUT2D eigenvalue weighted by Gasteiger charge is 2.09. The quantitative estimate of drug-likeness (QED) is 0.769. The molecule has 0 spiro atoms. The average Bonchev–Trinajstić information content (AvgIpc) is 2.90. The molecule has 21 heavy (non-hydrogen) atoms. The first-order valence-corrected chi connectivity index (χ1v) is 6.51. The summed E-state index contributed by atoms with van der Waals surface area (Å²) in [6.45, 7) is 1.93. The van der Waals surface area contributed by atoms with Gasteiger partial charge in [0.05, 0.1) is 5.39 Å². The summed E-state index contributed by atoms with van der Waals surface area (Å²) in [4.78, 5) is 16.0. The van der Waals surface area contributed by atoms with E-state index in [1.54, 1.807) is 12.3 Å². The number of nitrogens with one attached hydrogen (secondary N) is 2. The van der Waals surface area contributed by atoms with Crippen molar-refractivity contribution in [1.29, 1.82) is 0 Å². The van der Waals surface area contributed by atoms with E-state index in [9.17, 15) is 4.79 Å². The number of hydrogen-bond donors (Lipinski definition) is 2. The number of aryl methyl sites for hydroxylation is 1. The molecule has 3 aromatic rings. The Kier molecular flexibility index (Phi) is 3.51. The van der Waals surface area contributed by atoms with Gasteiger partial charge in [0, 0.05) is 6.20 Å². The van der Waals surface area contributed by atoms with Crippen molar-refractivity contribution in [3.63, 3.8) is 0 Å². The topological polar surface area (TPSA) is 79.9 Å². The summed E-state index contributed by atoms with van der Waals surface area (Å²) in [6, 6.07) is 11.2. The number of rotatable bonds is 4. The van der Waals surface area contributed by atoms with Crippen molar-refractivity contribution in [1.82, 2.24) is 15.2 Å². The molecule has 6 nitrogen and oxygen atoms in total. The molecule has 0 unspecified atom stereocenters. The highest BCUT2D eigenvalue weighted by molar-refractivity contribution is 5.99. The van der Waals surface area contributed by atoms with Gasteiger partial charge in [0.2, 0.25) is 0 Å². The number of anilines is 1. The third-order valence-corrected chi connectivity index (χ3v) is 2.98. The summed E-state index contributed by atoms with van der Waals surface area (Å²) >= 11 is 0. The number of benzene rings is 1. The Morgan fingerprint density at radius 1 is 1.29 bits per heavy atom. The minimum atomic E-state index is -0.259. The van der Waals surface area contributed by atoms with Gasteiger partial charge in [-0.25, -0.2) is 4.98 Å². The van der Waals surface area contributed by atoms with Crippen LogP contribution in [0.2, 0.25) is 0 Å². The highest BCUT2D eigenvalue weighted by Crippen LogP contribution is 2.17. The molecule has 2 heterocycles. The number of ether oxygens (including phenoxy) is 1. The van der Waals surface area contributed by atoms with Gasteiger partial charge >= 0.3 is 0 Å². The monoisotopic (exact) mass is 282 g/mol. The van der Waals surface area contributed by atoms with Gasteiger partial charge in [-0.2, -0.15) is 5.10 Å². The van der Waals surface area contributed by atoms with Crippen molar-refractivity contribution in [2.45, 2.75) is 6.92 Å². The highest BCUT2D eigenvalue weighted by atomic mass is 16.5. The van der Waals surface area contributed by atoms with Crippen molar-refractivity contribution >= 4 is 22.8 Å². The second-order valence-electron chi connectivity index (χ2n) is 4.62. The number of amides is 1. The number of H-pyrrole nitrogens is 1. The molecule has 0 aliphatic heterocycles. The van der Waals surface area contributed by atoms with Crippen molar-refractivity contribution in [3.8, 4) is 5.75 Å². The molecule has 0 radical (unpaired) electrons. The molecule has 0 aliphatic rings. The Morgan fingerprint density at radius 2 is 2.10 bits per heavy atom. The van der Waals surface area contributed by atoms with E-state index in [4.69, 9.17) is 4.74 Å². The van der Waals surface area contributed by atoms with Gasteiger partial charge in [0.1, 0.15) is 11.6 Å². The van der Waals surface area contributed by atoms with Crippen LogP contribution in [-0.2, 0) is 4.79 Å². The van der Waals surface area contributed by atoms with Crippen LogP contribution in [0.25, 0.3) is 11.0 Å². The van der Waals surface area contributed by atoms with Crippen LogP contribution in [0, 0.1) is 6.92 Å². The standard InChI is InChI=1S/C15H14N4O2/c1-10-4-6-11(7-5-10)21-9-13(20)17-15-12-3-2-8-16-14(12)18-19-15/h2-8H,9H2,1H3,(H2,16,17,18,19,20). The van der Waals surface area contributed by atoms with E-state index in [0.29, 0.717) is 17.2 Å².